The van der Waals surface area contributed by atoms with E-state index in [2.05, 4.69) is 5.48 Å². The first-order valence-electron chi connectivity index (χ1n) is 4.75. The Morgan fingerprint density at radius 3 is 2.85 bits per heavy atom. The van der Waals surface area contributed by atoms with Crippen LogP contribution in [-0.4, -0.2) is 5.91 Å². The van der Waals surface area contributed by atoms with Gasteiger partial charge in [-0.15, -0.1) is 0 Å². The van der Waals surface area contributed by atoms with Gasteiger partial charge in [-0.1, -0.05) is 25.1 Å². The van der Waals surface area contributed by atoms with E-state index in [1.165, 1.54) is 0 Å². The van der Waals surface area contributed by atoms with E-state index in [1.54, 1.807) is 31.2 Å². The molecule has 0 heterocycles. The van der Waals surface area contributed by atoms with Gasteiger partial charge in [-0.2, -0.15) is 5.48 Å². The Kier molecular flexibility index (Phi) is 3.24. The number of para-hydroxylation sites is 1. The zero-order chi connectivity index (χ0) is 10.4. The molecule has 0 spiro atoms. The van der Waals surface area contributed by atoms with Gasteiger partial charge in [-0.05, 0) is 18.6 Å². The minimum Gasteiger partial charge on any atom is -0.380 e. The van der Waals surface area contributed by atoms with Crippen molar-refractivity contribution in [3.8, 4) is 5.75 Å². The number of carbonyl (C=O) groups is 1. The summed E-state index contributed by atoms with van der Waals surface area (Å²) in [4.78, 5) is 16.1. The summed E-state index contributed by atoms with van der Waals surface area (Å²) in [6.07, 6.45) is -0.289. The monoisotopic (exact) mass is 180 g/mol. The zero-order valence-electron chi connectivity index (χ0n) is 8.49. The molecule has 1 atom stereocenters. The first-order valence-corrected chi connectivity index (χ1v) is 4.18. The Balaban J connectivity index is 2.38. The molecule has 0 saturated carbocycles. The molecule has 3 nitrogen and oxygen atoms in total. The van der Waals surface area contributed by atoms with Crippen molar-refractivity contribution in [2.24, 2.45) is 0 Å². The molecular weight excluding hydrogens is 166 g/mol. The molecule has 0 aromatic heterocycles. The highest BCUT2D eigenvalue weighted by atomic mass is 16.7. The van der Waals surface area contributed by atoms with Gasteiger partial charge in [0.05, 0.1) is 0 Å². The maximum atomic E-state index is 11.1. The summed E-state index contributed by atoms with van der Waals surface area (Å²) in [6, 6.07) is 8.92. The molecule has 1 unspecified atom stereocenters. The average molecular weight is 180 g/mol. The highest BCUT2D eigenvalue weighted by Crippen LogP contribution is 2.06. The number of hydrogen-bond donors (Lipinski definition) is 1. The van der Waals surface area contributed by atoms with Gasteiger partial charge in [-0.25, -0.2) is 0 Å². The summed E-state index contributed by atoms with van der Waals surface area (Å²) in [6.45, 7) is 1.78. The Bertz CT molecular complexity index is 289. The lowest BCUT2D eigenvalue weighted by atomic mass is 10.3. The molecule has 13 heavy (non-hydrogen) atoms. The standard InChI is InChI=1S/C10H13NO2/c1-2-6-10(12)11-13-9-7-4-3-5-8-9/h3-5,7-8H,2,6H2,1H3,(H,11,12)/i6D. The van der Waals surface area contributed by atoms with Gasteiger partial charge in [0, 0.05) is 7.77 Å². The van der Waals surface area contributed by atoms with E-state index in [0.717, 1.165) is 0 Å². The molecular formula is C10H13NO2. The van der Waals surface area contributed by atoms with Crippen LogP contribution in [0.4, 0.5) is 0 Å². The van der Waals surface area contributed by atoms with Crippen LogP contribution in [0.5, 0.6) is 5.75 Å². The predicted molar refractivity (Wildman–Crippen MR) is 50.1 cm³/mol. The van der Waals surface area contributed by atoms with E-state index >= 15 is 0 Å². The van der Waals surface area contributed by atoms with Crippen molar-refractivity contribution in [1.82, 2.24) is 5.48 Å². The van der Waals surface area contributed by atoms with Gasteiger partial charge < -0.3 is 4.84 Å². The summed E-state index contributed by atoms with van der Waals surface area (Å²) >= 11 is 0. The summed E-state index contributed by atoms with van der Waals surface area (Å²) in [5, 5.41) is 0. The number of nitrogens with one attached hydrogen (secondary N) is 1. The quantitative estimate of drug-likeness (QED) is 0.718. The number of benzene rings is 1. The van der Waals surface area contributed by atoms with Crippen LogP contribution in [0.15, 0.2) is 30.3 Å². The maximum absolute atomic E-state index is 11.1. The molecule has 1 N–H and O–H groups in total. The van der Waals surface area contributed by atoms with E-state index in [-0.39, 0.29) is 0 Å². The summed E-state index contributed by atoms with van der Waals surface area (Å²) in [5.74, 6) is 0.139. The number of hydrogen-bond acceptors (Lipinski definition) is 2. The van der Waals surface area contributed by atoms with Crippen molar-refractivity contribution in [3.63, 3.8) is 0 Å². The van der Waals surface area contributed by atoms with E-state index in [0.29, 0.717) is 12.2 Å². The Labute approximate surface area is 79.1 Å². The second-order valence-corrected chi connectivity index (χ2v) is 2.49. The van der Waals surface area contributed by atoms with Crippen molar-refractivity contribution in [3.05, 3.63) is 30.3 Å². The summed E-state index contributed by atoms with van der Waals surface area (Å²) in [5.41, 5.74) is 2.22. The van der Waals surface area contributed by atoms with Gasteiger partial charge in [0.2, 0.25) is 0 Å². The first kappa shape index (κ1) is 8.10. The van der Waals surface area contributed by atoms with Gasteiger partial charge in [-0.3, -0.25) is 4.79 Å². The van der Waals surface area contributed by atoms with Crippen molar-refractivity contribution in [2.45, 2.75) is 19.7 Å². The maximum Gasteiger partial charge on any atom is 0.252 e. The highest BCUT2D eigenvalue weighted by Gasteiger charge is 1.98. The first-order chi connectivity index (χ1) is 6.74. The van der Waals surface area contributed by atoms with Crippen LogP contribution < -0.4 is 10.3 Å². The molecule has 70 valence electrons. The summed E-state index contributed by atoms with van der Waals surface area (Å²) in [7, 11) is 0. The Morgan fingerprint density at radius 2 is 2.23 bits per heavy atom. The minimum atomic E-state index is -0.765. The average Bonchev–Trinajstić information content (AvgIpc) is 2.26. The minimum absolute atomic E-state index is 0.420. The fraction of sp³-hybridized carbons (Fsp3) is 0.300. The molecule has 1 amide bonds. The number of rotatable bonds is 4. The van der Waals surface area contributed by atoms with Crippen LogP contribution in [0, 0.1) is 0 Å². The van der Waals surface area contributed by atoms with Gasteiger partial charge in [0.15, 0.2) is 5.75 Å². The third kappa shape index (κ3) is 3.60. The molecule has 0 bridgehead atoms. The Hall–Kier alpha value is -1.51. The smallest absolute Gasteiger partial charge is 0.252 e. The van der Waals surface area contributed by atoms with E-state index < -0.39 is 12.3 Å². The Morgan fingerprint density at radius 1 is 1.54 bits per heavy atom. The van der Waals surface area contributed by atoms with Crippen LogP contribution in [0.2, 0.25) is 0 Å². The molecule has 1 aromatic rings. The topological polar surface area (TPSA) is 38.3 Å². The van der Waals surface area contributed by atoms with Crippen molar-refractivity contribution < 1.29 is 11.0 Å². The summed E-state index contributed by atoms with van der Waals surface area (Å²) < 4.78 is 7.30. The third-order valence-electron chi connectivity index (χ3n) is 1.40. The SMILES string of the molecule is [2H]C(CC)C(=O)NOc1ccccc1. The second kappa shape index (κ2) is 5.19. The van der Waals surface area contributed by atoms with Crippen LogP contribution in [-0.2, 0) is 4.79 Å². The van der Waals surface area contributed by atoms with Gasteiger partial charge >= 0.3 is 0 Å². The molecule has 1 aromatic carbocycles. The van der Waals surface area contributed by atoms with Crippen molar-refractivity contribution >= 4 is 5.91 Å². The molecule has 0 aliphatic heterocycles. The lowest BCUT2D eigenvalue weighted by Gasteiger charge is -2.05. The normalized spacial score (nSPS) is 12.8. The van der Waals surface area contributed by atoms with Crippen LogP contribution in [0.3, 0.4) is 0 Å². The highest BCUT2D eigenvalue weighted by molar-refractivity contribution is 5.74. The zero-order valence-corrected chi connectivity index (χ0v) is 7.49. The second-order valence-electron chi connectivity index (χ2n) is 2.49. The molecule has 0 aliphatic rings. The number of hydroxylamine groups is 1. The van der Waals surface area contributed by atoms with Gasteiger partial charge in [0.1, 0.15) is 0 Å². The van der Waals surface area contributed by atoms with E-state index in [4.69, 9.17) is 6.21 Å². The largest absolute Gasteiger partial charge is 0.380 e. The predicted octanol–water partition coefficient (Wildman–Crippen LogP) is 1.90. The fourth-order valence-electron chi connectivity index (χ4n) is 0.825. The third-order valence-corrected chi connectivity index (χ3v) is 1.40. The van der Waals surface area contributed by atoms with Crippen LogP contribution >= 0.6 is 0 Å². The number of carbonyl (C=O) groups excluding carboxylic acids is 1. The molecule has 0 aliphatic carbocycles. The van der Waals surface area contributed by atoms with Crippen LogP contribution in [0.25, 0.3) is 0 Å². The van der Waals surface area contributed by atoms with Crippen molar-refractivity contribution in [1.29, 1.82) is 0 Å². The molecule has 0 radical (unpaired) electrons. The fourth-order valence-corrected chi connectivity index (χ4v) is 0.825. The molecule has 1 rings (SSSR count). The van der Waals surface area contributed by atoms with E-state index in [9.17, 15) is 4.79 Å². The molecule has 3 heteroatoms. The lowest BCUT2D eigenvalue weighted by molar-refractivity contribution is -0.127. The number of amides is 1. The van der Waals surface area contributed by atoms with Crippen molar-refractivity contribution in [2.75, 3.05) is 0 Å². The van der Waals surface area contributed by atoms with Crippen LogP contribution in [0.1, 0.15) is 21.1 Å². The van der Waals surface area contributed by atoms with Gasteiger partial charge in [0.25, 0.3) is 5.91 Å². The lowest BCUT2D eigenvalue weighted by Crippen LogP contribution is -2.26. The van der Waals surface area contributed by atoms with E-state index in [1.807, 2.05) is 6.07 Å². The molecule has 0 fully saturated rings. The molecule has 0 saturated heterocycles.